The van der Waals surface area contributed by atoms with E-state index in [4.69, 9.17) is 0 Å². The molecule has 1 aromatic carbocycles. The Kier molecular flexibility index (Phi) is 5.71. The summed E-state index contributed by atoms with van der Waals surface area (Å²) in [6.45, 7) is 1.97. The van der Waals surface area contributed by atoms with Crippen molar-refractivity contribution in [2.75, 3.05) is 19.6 Å². The van der Waals surface area contributed by atoms with Gasteiger partial charge in [-0.05, 0) is 50.4 Å². The van der Waals surface area contributed by atoms with Crippen molar-refractivity contribution in [3.63, 3.8) is 0 Å². The lowest BCUT2D eigenvalue weighted by molar-refractivity contribution is -0.132. The number of benzene rings is 1. The van der Waals surface area contributed by atoms with Crippen LogP contribution < -0.4 is 10.0 Å². The smallest absolute Gasteiger partial charge is 0.240 e. The Morgan fingerprint density at radius 3 is 2.88 bits per heavy atom. The van der Waals surface area contributed by atoms with Gasteiger partial charge in [0.2, 0.25) is 15.9 Å². The highest BCUT2D eigenvalue weighted by Crippen LogP contribution is 2.17. The van der Waals surface area contributed by atoms with Crippen LogP contribution in [0.15, 0.2) is 29.2 Å². The topological polar surface area (TPSA) is 78.5 Å². The predicted octanol–water partition coefficient (Wildman–Crippen LogP) is 1.24. The zero-order valence-electron chi connectivity index (χ0n) is 14.1. The molecule has 1 aromatic rings. The van der Waals surface area contributed by atoms with Crippen LogP contribution in [0.1, 0.15) is 32.1 Å². The summed E-state index contributed by atoms with van der Waals surface area (Å²) in [6, 6.07) is 4.83. The zero-order chi connectivity index (χ0) is 17.9. The monoisotopic (exact) mass is 369 g/mol. The van der Waals surface area contributed by atoms with Gasteiger partial charge in [0.25, 0.3) is 0 Å². The summed E-state index contributed by atoms with van der Waals surface area (Å²) in [6.07, 6.45) is 3.98. The Bertz CT molecular complexity index is 720. The highest BCUT2D eigenvalue weighted by molar-refractivity contribution is 7.89. The van der Waals surface area contributed by atoms with Crippen LogP contribution in [0, 0.1) is 5.82 Å². The number of carbonyl (C=O) groups excluding carboxylic acids is 1. The third-order valence-corrected chi connectivity index (χ3v) is 6.30. The number of sulfonamides is 1. The molecule has 6 nitrogen and oxygen atoms in total. The van der Waals surface area contributed by atoms with E-state index in [0.717, 1.165) is 31.9 Å². The van der Waals surface area contributed by atoms with Crippen molar-refractivity contribution in [1.29, 1.82) is 0 Å². The number of hydrogen-bond donors (Lipinski definition) is 2. The molecule has 138 valence electrons. The third-order valence-electron chi connectivity index (χ3n) is 4.79. The molecule has 1 amide bonds. The quantitative estimate of drug-likeness (QED) is 0.819. The van der Waals surface area contributed by atoms with E-state index in [0.29, 0.717) is 25.9 Å². The normalized spacial score (nSPS) is 24.4. The van der Waals surface area contributed by atoms with Crippen molar-refractivity contribution < 1.29 is 17.6 Å². The zero-order valence-corrected chi connectivity index (χ0v) is 14.9. The molecule has 0 saturated carbocycles. The highest BCUT2D eigenvalue weighted by Gasteiger charge is 2.29. The average Bonchev–Trinajstić information content (AvgIpc) is 3.07. The molecule has 0 bridgehead atoms. The van der Waals surface area contributed by atoms with E-state index in [1.54, 1.807) is 4.90 Å². The van der Waals surface area contributed by atoms with Gasteiger partial charge >= 0.3 is 0 Å². The first-order valence-electron chi connectivity index (χ1n) is 8.73. The number of rotatable bonds is 5. The minimum atomic E-state index is -3.79. The predicted molar refractivity (Wildman–Crippen MR) is 92.0 cm³/mol. The van der Waals surface area contributed by atoms with Crippen LogP contribution in [0.5, 0.6) is 0 Å². The summed E-state index contributed by atoms with van der Waals surface area (Å²) in [4.78, 5) is 14.1. The molecule has 2 heterocycles. The lowest BCUT2D eigenvalue weighted by Gasteiger charge is -2.33. The van der Waals surface area contributed by atoms with Gasteiger partial charge in [-0.15, -0.1) is 0 Å². The largest absolute Gasteiger partial charge is 0.341 e. The molecule has 2 aliphatic rings. The van der Waals surface area contributed by atoms with Gasteiger partial charge in [0, 0.05) is 31.6 Å². The summed E-state index contributed by atoms with van der Waals surface area (Å²) < 4.78 is 40.7. The van der Waals surface area contributed by atoms with Crippen molar-refractivity contribution >= 4 is 15.9 Å². The van der Waals surface area contributed by atoms with E-state index < -0.39 is 15.8 Å². The van der Waals surface area contributed by atoms with Gasteiger partial charge in [0.1, 0.15) is 5.82 Å². The molecule has 2 aliphatic heterocycles. The van der Waals surface area contributed by atoms with E-state index in [2.05, 4.69) is 10.0 Å². The summed E-state index contributed by atoms with van der Waals surface area (Å²) in [5.41, 5.74) is 0. The number of nitrogens with zero attached hydrogens (tertiary/aromatic N) is 1. The van der Waals surface area contributed by atoms with Gasteiger partial charge in [0.05, 0.1) is 4.90 Å². The summed E-state index contributed by atoms with van der Waals surface area (Å²) in [5.74, 6) is -0.526. The molecule has 0 aliphatic carbocycles. The van der Waals surface area contributed by atoms with E-state index in [1.807, 2.05) is 0 Å². The molecule has 2 saturated heterocycles. The van der Waals surface area contributed by atoms with Gasteiger partial charge in [-0.3, -0.25) is 4.79 Å². The van der Waals surface area contributed by atoms with Gasteiger partial charge in [-0.1, -0.05) is 6.07 Å². The first kappa shape index (κ1) is 18.3. The molecule has 2 atom stereocenters. The second-order valence-electron chi connectivity index (χ2n) is 6.75. The van der Waals surface area contributed by atoms with E-state index in [1.165, 1.54) is 18.2 Å². The van der Waals surface area contributed by atoms with Crippen LogP contribution in [0.3, 0.4) is 0 Å². The standard InChI is InChI=1S/C17H24FN3O3S/c18-13-4-1-7-16(10-13)25(23,24)20-15-6-3-9-21(12-15)17(22)11-14-5-2-8-19-14/h1,4,7,10,14-15,19-20H,2-3,5-6,8-9,11-12H2. The molecule has 3 rings (SSSR count). The SMILES string of the molecule is O=C(CC1CCCN1)N1CCCC(NS(=O)(=O)c2cccc(F)c2)C1. The minimum Gasteiger partial charge on any atom is -0.341 e. The van der Waals surface area contributed by atoms with Gasteiger partial charge < -0.3 is 10.2 Å². The van der Waals surface area contributed by atoms with E-state index in [-0.39, 0.29) is 22.9 Å². The van der Waals surface area contributed by atoms with Gasteiger partial charge in [-0.2, -0.15) is 0 Å². The Morgan fingerprint density at radius 1 is 1.32 bits per heavy atom. The fraction of sp³-hybridized carbons (Fsp3) is 0.588. The first-order chi connectivity index (χ1) is 11.9. The maximum absolute atomic E-state index is 13.3. The second kappa shape index (κ2) is 7.80. The fourth-order valence-electron chi connectivity index (χ4n) is 3.49. The molecule has 25 heavy (non-hydrogen) atoms. The third kappa shape index (κ3) is 4.77. The maximum atomic E-state index is 13.3. The Balaban J connectivity index is 1.60. The van der Waals surface area contributed by atoms with Gasteiger partial charge in [-0.25, -0.2) is 17.5 Å². The number of halogens is 1. The molecular weight excluding hydrogens is 345 g/mol. The van der Waals surface area contributed by atoms with Crippen molar-refractivity contribution in [2.45, 2.75) is 49.1 Å². The number of hydrogen-bond acceptors (Lipinski definition) is 4. The van der Waals surface area contributed by atoms with Gasteiger partial charge in [0.15, 0.2) is 0 Å². The van der Waals surface area contributed by atoms with Crippen molar-refractivity contribution in [2.24, 2.45) is 0 Å². The van der Waals surface area contributed by atoms with Crippen molar-refractivity contribution in [3.05, 3.63) is 30.1 Å². The summed E-state index contributed by atoms with van der Waals surface area (Å²) in [7, 11) is -3.79. The minimum absolute atomic E-state index is 0.0639. The van der Waals surface area contributed by atoms with Crippen LogP contribution in [0.25, 0.3) is 0 Å². The molecular formula is C17H24FN3O3S. The highest BCUT2D eigenvalue weighted by atomic mass is 32.2. The van der Waals surface area contributed by atoms with E-state index >= 15 is 0 Å². The lowest BCUT2D eigenvalue weighted by Crippen LogP contribution is -2.50. The molecule has 8 heteroatoms. The molecule has 0 aromatic heterocycles. The number of carbonyl (C=O) groups is 1. The molecule has 0 spiro atoms. The summed E-state index contributed by atoms with van der Waals surface area (Å²) in [5, 5.41) is 3.31. The Labute approximate surface area is 147 Å². The van der Waals surface area contributed by atoms with Crippen molar-refractivity contribution in [1.82, 2.24) is 14.9 Å². The molecule has 2 unspecified atom stereocenters. The van der Waals surface area contributed by atoms with Crippen LogP contribution in [-0.4, -0.2) is 50.9 Å². The number of piperidine rings is 1. The second-order valence-corrected chi connectivity index (χ2v) is 8.47. The van der Waals surface area contributed by atoms with Crippen LogP contribution in [-0.2, 0) is 14.8 Å². The van der Waals surface area contributed by atoms with Crippen LogP contribution >= 0.6 is 0 Å². The van der Waals surface area contributed by atoms with Crippen molar-refractivity contribution in [3.8, 4) is 0 Å². The van der Waals surface area contributed by atoms with E-state index in [9.17, 15) is 17.6 Å². The fourth-order valence-corrected chi connectivity index (χ4v) is 4.79. The Hall–Kier alpha value is -1.51. The molecule has 2 N–H and O–H groups in total. The molecule has 2 fully saturated rings. The number of amides is 1. The first-order valence-corrected chi connectivity index (χ1v) is 10.2. The van der Waals surface area contributed by atoms with Crippen LogP contribution in [0.4, 0.5) is 4.39 Å². The summed E-state index contributed by atoms with van der Waals surface area (Å²) >= 11 is 0. The Morgan fingerprint density at radius 2 is 2.16 bits per heavy atom. The molecule has 0 radical (unpaired) electrons. The number of likely N-dealkylation sites (tertiary alicyclic amines) is 1. The number of nitrogens with one attached hydrogen (secondary N) is 2. The lowest BCUT2D eigenvalue weighted by atomic mass is 10.0. The van der Waals surface area contributed by atoms with Crippen LogP contribution in [0.2, 0.25) is 0 Å². The average molecular weight is 369 g/mol. The maximum Gasteiger partial charge on any atom is 0.240 e.